The van der Waals surface area contributed by atoms with Gasteiger partial charge in [0.25, 0.3) is 0 Å². The van der Waals surface area contributed by atoms with E-state index in [1.165, 1.54) is 12.1 Å². The Morgan fingerprint density at radius 3 is 2.36 bits per heavy atom. The molecule has 0 atom stereocenters. The first-order valence-corrected chi connectivity index (χ1v) is 8.00. The van der Waals surface area contributed by atoms with Crippen LogP contribution < -0.4 is 5.32 Å². The summed E-state index contributed by atoms with van der Waals surface area (Å²) in [7, 11) is 1.75. The van der Waals surface area contributed by atoms with Crippen LogP contribution in [-0.2, 0) is 6.54 Å². The Balaban J connectivity index is 1.88. The molecular formula is C19H19N3O2S. The molecular weight excluding hydrogens is 334 g/mol. The number of aromatic carboxylic acids is 1. The third-order valence-corrected chi connectivity index (χ3v) is 3.90. The maximum atomic E-state index is 10.8. The summed E-state index contributed by atoms with van der Waals surface area (Å²) in [6.07, 6.45) is 3.42. The molecule has 6 heteroatoms. The summed E-state index contributed by atoms with van der Waals surface area (Å²) in [6, 6.07) is 14.5. The topological polar surface area (TPSA) is 64.9 Å². The molecule has 0 saturated heterocycles. The fourth-order valence-electron chi connectivity index (χ4n) is 1.98. The Morgan fingerprint density at radius 1 is 1.20 bits per heavy atom. The molecule has 0 aromatic heterocycles. The summed E-state index contributed by atoms with van der Waals surface area (Å²) in [5, 5.41) is 18.3. The fourth-order valence-corrected chi connectivity index (χ4v) is 2.10. The molecule has 25 heavy (non-hydrogen) atoms. The third-order valence-electron chi connectivity index (χ3n) is 3.49. The normalized spacial score (nSPS) is 10.4. The number of hydrogen-bond donors (Lipinski definition) is 2. The average Bonchev–Trinajstić information content (AvgIpc) is 2.64. The lowest BCUT2D eigenvalue weighted by atomic mass is 10.1. The van der Waals surface area contributed by atoms with Crippen molar-refractivity contribution in [2.75, 3.05) is 7.05 Å². The first-order valence-electron chi connectivity index (χ1n) is 7.60. The van der Waals surface area contributed by atoms with E-state index < -0.39 is 5.97 Å². The van der Waals surface area contributed by atoms with Gasteiger partial charge < -0.3 is 10.4 Å². The lowest BCUT2D eigenvalue weighted by molar-refractivity contribution is 0.0697. The Bertz CT molecular complexity index is 783. The molecule has 0 amide bonds. The van der Waals surface area contributed by atoms with Crippen LogP contribution in [0.15, 0.2) is 60.2 Å². The van der Waals surface area contributed by atoms with E-state index in [0.29, 0.717) is 11.7 Å². The highest BCUT2D eigenvalue weighted by molar-refractivity contribution is 7.80. The van der Waals surface area contributed by atoms with E-state index in [1.54, 1.807) is 36.5 Å². The molecule has 2 aromatic rings. The molecule has 0 aliphatic rings. The number of rotatable bonds is 6. The number of benzene rings is 2. The first-order chi connectivity index (χ1) is 12.0. The summed E-state index contributed by atoms with van der Waals surface area (Å²) < 4.78 is 0. The number of carbonyl (C=O) groups is 1. The second-order valence-corrected chi connectivity index (χ2v) is 5.69. The van der Waals surface area contributed by atoms with Gasteiger partial charge in [-0.25, -0.2) is 9.80 Å². The van der Waals surface area contributed by atoms with Crippen molar-refractivity contribution in [3.05, 3.63) is 77.4 Å². The SMILES string of the molecule is C=Cc1ccc(CNC(=S)N(C)N=Cc2ccc(C(=O)O)cc2)cc1. The maximum absolute atomic E-state index is 10.8. The third kappa shape index (κ3) is 5.54. The minimum Gasteiger partial charge on any atom is -0.478 e. The molecule has 0 fully saturated rings. The van der Waals surface area contributed by atoms with Crippen molar-refractivity contribution in [3.8, 4) is 0 Å². The Morgan fingerprint density at radius 2 is 1.80 bits per heavy atom. The van der Waals surface area contributed by atoms with Gasteiger partial charge in [0.05, 0.1) is 11.8 Å². The Kier molecular flexibility index (Phi) is 6.42. The van der Waals surface area contributed by atoms with Crippen molar-refractivity contribution in [1.82, 2.24) is 10.3 Å². The van der Waals surface area contributed by atoms with Crippen LogP contribution in [0, 0.1) is 0 Å². The molecule has 0 radical (unpaired) electrons. The van der Waals surface area contributed by atoms with Crippen molar-refractivity contribution in [2.24, 2.45) is 5.10 Å². The van der Waals surface area contributed by atoms with Crippen LogP contribution in [-0.4, -0.2) is 34.5 Å². The highest BCUT2D eigenvalue weighted by Gasteiger charge is 2.03. The molecule has 2 rings (SSSR count). The quantitative estimate of drug-likeness (QED) is 0.474. The predicted octanol–water partition coefficient (Wildman–Crippen LogP) is 3.37. The summed E-state index contributed by atoms with van der Waals surface area (Å²) in [6.45, 7) is 4.33. The summed E-state index contributed by atoms with van der Waals surface area (Å²) in [5.74, 6) is -0.952. The fraction of sp³-hybridized carbons (Fsp3) is 0.105. The van der Waals surface area contributed by atoms with Crippen LogP contribution in [0.1, 0.15) is 27.0 Å². The molecule has 0 heterocycles. The molecule has 0 aliphatic heterocycles. The van der Waals surface area contributed by atoms with Gasteiger partial charge in [-0.3, -0.25) is 0 Å². The highest BCUT2D eigenvalue weighted by atomic mass is 32.1. The van der Waals surface area contributed by atoms with Crippen LogP contribution in [0.2, 0.25) is 0 Å². The highest BCUT2D eigenvalue weighted by Crippen LogP contribution is 2.06. The standard InChI is InChI=1S/C19H19N3O2S/c1-3-14-4-6-15(7-5-14)12-20-19(25)22(2)21-13-16-8-10-17(11-9-16)18(23)24/h3-11,13H,1,12H2,2H3,(H,20,25)(H,23,24). The summed E-state index contributed by atoms with van der Waals surface area (Å²) >= 11 is 5.30. The van der Waals surface area contributed by atoms with Crippen molar-refractivity contribution < 1.29 is 9.90 Å². The molecule has 2 aromatic carbocycles. The van der Waals surface area contributed by atoms with Gasteiger partial charge in [-0.15, -0.1) is 0 Å². The number of hydrogen-bond acceptors (Lipinski definition) is 3. The second-order valence-electron chi connectivity index (χ2n) is 5.30. The summed E-state index contributed by atoms with van der Waals surface area (Å²) in [4.78, 5) is 10.8. The van der Waals surface area contributed by atoms with Crippen LogP contribution in [0.4, 0.5) is 0 Å². The molecule has 128 valence electrons. The number of hydrazone groups is 1. The van der Waals surface area contributed by atoms with Gasteiger partial charge in [0.1, 0.15) is 0 Å². The minimum absolute atomic E-state index is 0.241. The van der Waals surface area contributed by atoms with E-state index in [1.807, 2.05) is 24.3 Å². The molecule has 0 aliphatic carbocycles. The van der Waals surface area contributed by atoms with E-state index in [0.717, 1.165) is 16.7 Å². The molecule has 5 nitrogen and oxygen atoms in total. The van der Waals surface area contributed by atoms with E-state index in [2.05, 4.69) is 17.0 Å². The van der Waals surface area contributed by atoms with Gasteiger partial charge in [-0.05, 0) is 41.0 Å². The molecule has 0 bridgehead atoms. The van der Waals surface area contributed by atoms with Gasteiger partial charge in [0, 0.05) is 13.6 Å². The Hall–Kier alpha value is -2.99. The smallest absolute Gasteiger partial charge is 0.335 e. The van der Waals surface area contributed by atoms with Crippen LogP contribution in [0.3, 0.4) is 0 Å². The molecule has 0 saturated carbocycles. The van der Waals surface area contributed by atoms with Gasteiger partial charge in [-0.1, -0.05) is 49.1 Å². The van der Waals surface area contributed by atoms with Crippen LogP contribution in [0.25, 0.3) is 6.08 Å². The second kappa shape index (κ2) is 8.75. The number of carboxylic acids is 1. The van der Waals surface area contributed by atoms with Gasteiger partial charge in [0.15, 0.2) is 5.11 Å². The van der Waals surface area contributed by atoms with E-state index in [4.69, 9.17) is 17.3 Å². The van der Waals surface area contributed by atoms with Gasteiger partial charge in [-0.2, -0.15) is 5.10 Å². The van der Waals surface area contributed by atoms with E-state index >= 15 is 0 Å². The van der Waals surface area contributed by atoms with E-state index in [9.17, 15) is 4.79 Å². The number of carboxylic acid groups (broad SMARTS) is 1. The maximum Gasteiger partial charge on any atom is 0.335 e. The zero-order valence-electron chi connectivity index (χ0n) is 13.8. The first kappa shape index (κ1) is 18.4. The summed E-state index contributed by atoms with van der Waals surface area (Å²) in [5.41, 5.74) is 3.21. The lowest BCUT2D eigenvalue weighted by Crippen LogP contribution is -2.33. The Labute approximate surface area is 152 Å². The van der Waals surface area contributed by atoms with E-state index in [-0.39, 0.29) is 5.56 Å². The lowest BCUT2D eigenvalue weighted by Gasteiger charge is -2.15. The molecule has 2 N–H and O–H groups in total. The minimum atomic E-state index is -0.952. The van der Waals surface area contributed by atoms with Crippen molar-refractivity contribution in [3.63, 3.8) is 0 Å². The number of nitrogens with one attached hydrogen (secondary N) is 1. The van der Waals surface area contributed by atoms with Crippen molar-refractivity contribution in [2.45, 2.75) is 6.54 Å². The largest absolute Gasteiger partial charge is 0.478 e. The average molecular weight is 353 g/mol. The zero-order chi connectivity index (χ0) is 18.2. The zero-order valence-corrected chi connectivity index (χ0v) is 14.7. The molecule has 0 unspecified atom stereocenters. The van der Waals surface area contributed by atoms with Crippen LogP contribution in [0.5, 0.6) is 0 Å². The number of nitrogens with zero attached hydrogens (tertiary/aromatic N) is 2. The van der Waals surface area contributed by atoms with Gasteiger partial charge >= 0.3 is 5.97 Å². The van der Waals surface area contributed by atoms with Crippen molar-refractivity contribution in [1.29, 1.82) is 0 Å². The number of thiocarbonyl (C=S) groups is 1. The monoisotopic (exact) mass is 353 g/mol. The predicted molar refractivity (Wildman–Crippen MR) is 105 cm³/mol. The van der Waals surface area contributed by atoms with Crippen LogP contribution >= 0.6 is 12.2 Å². The van der Waals surface area contributed by atoms with Crippen molar-refractivity contribution >= 4 is 35.6 Å². The van der Waals surface area contributed by atoms with Gasteiger partial charge in [0.2, 0.25) is 0 Å². The molecule has 0 spiro atoms.